The molecule has 0 saturated carbocycles. The van der Waals surface area contributed by atoms with E-state index < -0.39 is 5.97 Å². The normalized spacial score (nSPS) is 10.0. The van der Waals surface area contributed by atoms with Gasteiger partial charge in [-0.3, -0.25) is 4.79 Å². The maximum absolute atomic E-state index is 12.3. The number of nitrogens with one attached hydrogen (secondary N) is 1. The Morgan fingerprint density at radius 2 is 1.91 bits per heavy atom. The molecule has 5 nitrogen and oxygen atoms in total. The van der Waals surface area contributed by atoms with Gasteiger partial charge in [0, 0.05) is 5.56 Å². The summed E-state index contributed by atoms with van der Waals surface area (Å²) in [6.45, 7) is 2.58. The summed E-state index contributed by atoms with van der Waals surface area (Å²) in [4.78, 5) is 23.4. The predicted octanol–water partition coefficient (Wildman–Crippen LogP) is 3.43. The summed E-state index contributed by atoms with van der Waals surface area (Å²) in [5.41, 5.74) is 0.725. The lowest BCUT2D eigenvalue weighted by molar-refractivity contribution is 0.0698. The lowest BCUT2D eigenvalue weighted by Crippen LogP contribution is -2.14. The van der Waals surface area contributed by atoms with Gasteiger partial charge in [-0.15, -0.1) is 0 Å². The third-order valence-electron chi connectivity index (χ3n) is 2.97. The van der Waals surface area contributed by atoms with Crippen LogP contribution in [0.5, 0.6) is 5.75 Å². The summed E-state index contributed by atoms with van der Waals surface area (Å²) in [6.07, 6.45) is 0.877. The second-order valence-electron chi connectivity index (χ2n) is 4.68. The zero-order chi connectivity index (χ0) is 15.9. The van der Waals surface area contributed by atoms with Crippen LogP contribution in [0.3, 0.4) is 0 Å². The van der Waals surface area contributed by atoms with E-state index in [4.69, 9.17) is 9.84 Å². The van der Waals surface area contributed by atoms with Crippen molar-refractivity contribution in [2.24, 2.45) is 0 Å². The van der Waals surface area contributed by atoms with Gasteiger partial charge in [-0.1, -0.05) is 25.1 Å². The summed E-state index contributed by atoms with van der Waals surface area (Å²) in [6, 6.07) is 13.1. The molecule has 5 heteroatoms. The molecule has 1 amide bonds. The van der Waals surface area contributed by atoms with Crippen molar-refractivity contribution in [3.8, 4) is 5.75 Å². The summed E-state index contributed by atoms with van der Waals surface area (Å²) in [7, 11) is 0. The quantitative estimate of drug-likeness (QED) is 0.857. The van der Waals surface area contributed by atoms with Crippen LogP contribution in [0.2, 0.25) is 0 Å². The highest BCUT2D eigenvalue weighted by Crippen LogP contribution is 2.18. The number of para-hydroxylation sites is 1. The molecule has 0 aliphatic heterocycles. The van der Waals surface area contributed by atoms with Gasteiger partial charge < -0.3 is 15.2 Å². The van der Waals surface area contributed by atoms with E-state index in [1.807, 2.05) is 6.92 Å². The fourth-order valence-corrected chi connectivity index (χ4v) is 1.92. The van der Waals surface area contributed by atoms with Gasteiger partial charge in [-0.05, 0) is 36.8 Å². The minimum Gasteiger partial charge on any atom is -0.494 e. The SMILES string of the molecule is CCCOc1cccc(C(=O)Nc2ccccc2C(=O)O)c1. The van der Waals surface area contributed by atoms with Crippen LogP contribution in [0.25, 0.3) is 0 Å². The van der Waals surface area contributed by atoms with Crippen molar-refractivity contribution in [3.63, 3.8) is 0 Å². The monoisotopic (exact) mass is 299 g/mol. The van der Waals surface area contributed by atoms with Gasteiger partial charge in [0.1, 0.15) is 5.75 Å². The molecule has 2 aromatic carbocycles. The van der Waals surface area contributed by atoms with Crippen molar-refractivity contribution < 1.29 is 19.4 Å². The molecule has 0 spiro atoms. The largest absolute Gasteiger partial charge is 0.494 e. The van der Waals surface area contributed by atoms with Crippen LogP contribution in [0.1, 0.15) is 34.1 Å². The summed E-state index contributed by atoms with van der Waals surface area (Å²) in [5, 5.41) is 11.7. The molecule has 0 aromatic heterocycles. The van der Waals surface area contributed by atoms with Crippen LogP contribution in [0.15, 0.2) is 48.5 Å². The van der Waals surface area contributed by atoms with E-state index in [1.165, 1.54) is 6.07 Å². The Hall–Kier alpha value is -2.82. The number of anilines is 1. The highest BCUT2D eigenvalue weighted by atomic mass is 16.5. The van der Waals surface area contributed by atoms with Gasteiger partial charge in [0.15, 0.2) is 0 Å². The molecule has 22 heavy (non-hydrogen) atoms. The van der Waals surface area contributed by atoms with E-state index in [0.717, 1.165) is 6.42 Å². The van der Waals surface area contributed by atoms with Crippen molar-refractivity contribution in [3.05, 3.63) is 59.7 Å². The predicted molar refractivity (Wildman–Crippen MR) is 83.6 cm³/mol. The van der Waals surface area contributed by atoms with Gasteiger partial charge >= 0.3 is 5.97 Å². The smallest absolute Gasteiger partial charge is 0.337 e. The fourth-order valence-electron chi connectivity index (χ4n) is 1.92. The molecule has 0 fully saturated rings. The van der Waals surface area contributed by atoms with Crippen molar-refractivity contribution in [1.82, 2.24) is 0 Å². The third kappa shape index (κ3) is 3.85. The lowest BCUT2D eigenvalue weighted by atomic mass is 10.1. The second-order valence-corrected chi connectivity index (χ2v) is 4.68. The Labute approximate surface area is 128 Å². The molecule has 2 N–H and O–H groups in total. The highest BCUT2D eigenvalue weighted by molar-refractivity contribution is 6.07. The Morgan fingerprint density at radius 1 is 1.14 bits per heavy atom. The number of carbonyl (C=O) groups is 2. The molecule has 0 unspecified atom stereocenters. The molecule has 0 aliphatic rings. The zero-order valence-electron chi connectivity index (χ0n) is 12.2. The number of amides is 1. The molecule has 2 aromatic rings. The summed E-state index contributed by atoms with van der Waals surface area (Å²) < 4.78 is 5.48. The average Bonchev–Trinajstić information content (AvgIpc) is 2.53. The van der Waals surface area contributed by atoms with Crippen LogP contribution in [-0.4, -0.2) is 23.6 Å². The van der Waals surface area contributed by atoms with Crippen LogP contribution in [-0.2, 0) is 0 Å². The Balaban J connectivity index is 2.17. The van der Waals surface area contributed by atoms with E-state index in [1.54, 1.807) is 42.5 Å². The first-order valence-electron chi connectivity index (χ1n) is 6.98. The number of hydrogen-bond donors (Lipinski definition) is 2. The van der Waals surface area contributed by atoms with E-state index in [9.17, 15) is 9.59 Å². The van der Waals surface area contributed by atoms with E-state index in [2.05, 4.69) is 5.32 Å². The Morgan fingerprint density at radius 3 is 2.64 bits per heavy atom. The molecule has 0 radical (unpaired) electrons. The maximum atomic E-state index is 12.3. The highest BCUT2D eigenvalue weighted by Gasteiger charge is 2.13. The van der Waals surface area contributed by atoms with E-state index >= 15 is 0 Å². The van der Waals surface area contributed by atoms with Crippen molar-refractivity contribution in [2.75, 3.05) is 11.9 Å². The number of aromatic carboxylic acids is 1. The topological polar surface area (TPSA) is 75.6 Å². The van der Waals surface area contributed by atoms with Gasteiger partial charge in [-0.25, -0.2) is 4.79 Å². The molecule has 2 rings (SSSR count). The number of ether oxygens (including phenoxy) is 1. The maximum Gasteiger partial charge on any atom is 0.337 e. The number of rotatable bonds is 6. The molecule has 0 heterocycles. The van der Waals surface area contributed by atoms with E-state index in [0.29, 0.717) is 17.9 Å². The van der Waals surface area contributed by atoms with Crippen molar-refractivity contribution >= 4 is 17.6 Å². The van der Waals surface area contributed by atoms with Crippen molar-refractivity contribution in [2.45, 2.75) is 13.3 Å². The third-order valence-corrected chi connectivity index (χ3v) is 2.97. The second kappa shape index (κ2) is 7.26. The number of benzene rings is 2. The van der Waals surface area contributed by atoms with Gasteiger partial charge in [0.2, 0.25) is 0 Å². The first-order chi connectivity index (χ1) is 10.6. The molecule has 0 saturated heterocycles. The number of hydrogen-bond acceptors (Lipinski definition) is 3. The molecule has 0 bridgehead atoms. The Bertz CT molecular complexity index is 682. The standard InChI is InChI=1S/C17H17NO4/c1-2-10-22-13-7-5-6-12(11-13)16(19)18-15-9-4-3-8-14(15)17(20)21/h3-9,11H,2,10H2,1H3,(H,18,19)(H,20,21). The number of carbonyl (C=O) groups excluding carboxylic acids is 1. The van der Waals surface area contributed by atoms with Crippen LogP contribution in [0.4, 0.5) is 5.69 Å². The first-order valence-corrected chi connectivity index (χ1v) is 6.98. The molecular weight excluding hydrogens is 282 g/mol. The van der Waals surface area contributed by atoms with Crippen LogP contribution in [0, 0.1) is 0 Å². The summed E-state index contributed by atoms with van der Waals surface area (Å²) in [5.74, 6) is -0.854. The zero-order valence-corrected chi connectivity index (χ0v) is 12.2. The fraction of sp³-hybridized carbons (Fsp3) is 0.176. The number of carboxylic acid groups (broad SMARTS) is 1. The minimum atomic E-state index is -1.09. The van der Waals surface area contributed by atoms with E-state index in [-0.39, 0.29) is 17.2 Å². The van der Waals surface area contributed by atoms with Gasteiger partial charge in [0.05, 0.1) is 17.9 Å². The van der Waals surface area contributed by atoms with Crippen molar-refractivity contribution in [1.29, 1.82) is 0 Å². The molecule has 0 atom stereocenters. The Kier molecular flexibility index (Phi) is 5.14. The lowest BCUT2D eigenvalue weighted by Gasteiger charge is -2.10. The molecular formula is C17H17NO4. The summed E-state index contributed by atoms with van der Waals surface area (Å²) >= 11 is 0. The molecule has 114 valence electrons. The molecule has 0 aliphatic carbocycles. The van der Waals surface area contributed by atoms with Gasteiger partial charge in [0.25, 0.3) is 5.91 Å². The van der Waals surface area contributed by atoms with Crippen LogP contribution >= 0.6 is 0 Å². The number of carboxylic acids is 1. The average molecular weight is 299 g/mol. The minimum absolute atomic E-state index is 0.0502. The van der Waals surface area contributed by atoms with Crippen LogP contribution < -0.4 is 10.1 Å². The first kappa shape index (κ1) is 15.6. The van der Waals surface area contributed by atoms with Gasteiger partial charge in [-0.2, -0.15) is 0 Å².